The molecule has 2 aliphatic heterocycles. The van der Waals surface area contributed by atoms with Crippen molar-refractivity contribution >= 4 is 17.4 Å². The first-order valence-corrected chi connectivity index (χ1v) is 10.1. The van der Waals surface area contributed by atoms with Crippen LogP contribution in [0.25, 0.3) is 0 Å². The van der Waals surface area contributed by atoms with E-state index in [4.69, 9.17) is 0 Å². The summed E-state index contributed by atoms with van der Waals surface area (Å²) < 4.78 is 26.9. The van der Waals surface area contributed by atoms with Crippen molar-refractivity contribution in [2.75, 3.05) is 18.4 Å². The van der Waals surface area contributed by atoms with Crippen molar-refractivity contribution in [1.29, 1.82) is 0 Å². The Hall–Kier alpha value is -2.96. The Labute approximate surface area is 176 Å². The van der Waals surface area contributed by atoms with Gasteiger partial charge in [-0.1, -0.05) is 31.4 Å². The van der Waals surface area contributed by atoms with Gasteiger partial charge in [-0.2, -0.15) is 0 Å². The van der Waals surface area contributed by atoms with Crippen molar-refractivity contribution in [3.8, 4) is 0 Å². The minimum atomic E-state index is -2.88. The van der Waals surface area contributed by atoms with E-state index < -0.39 is 5.92 Å². The van der Waals surface area contributed by atoms with E-state index >= 15 is 0 Å². The van der Waals surface area contributed by atoms with Crippen LogP contribution >= 0.6 is 0 Å². The molecule has 0 spiro atoms. The number of hydrogen-bond acceptors (Lipinski definition) is 3. The number of fused-ring (bicyclic) bond motifs is 2. The number of allylic oxidation sites excluding steroid dienone is 1. The number of nitrogens with one attached hydrogen (secondary N) is 1. The molecule has 2 saturated heterocycles. The molecule has 2 fully saturated rings. The van der Waals surface area contributed by atoms with Crippen LogP contribution in [0.2, 0.25) is 0 Å². The van der Waals surface area contributed by atoms with Gasteiger partial charge in [0.2, 0.25) is 5.91 Å². The molecule has 7 heteroatoms. The SMILES string of the molecule is C=CC(=O)N1C2CCC1CN(C(=N/C=C\C)C(=C)Nc1ccc(C(C)(F)F)cc1)C2. The highest BCUT2D eigenvalue weighted by molar-refractivity contribution is 6.01. The smallest absolute Gasteiger partial charge is 0.270 e. The molecule has 2 bridgehead atoms. The number of amides is 1. The molecule has 0 saturated carbocycles. The number of rotatable bonds is 6. The molecule has 2 unspecified atom stereocenters. The maximum absolute atomic E-state index is 13.4. The zero-order valence-electron chi connectivity index (χ0n) is 17.4. The molecule has 0 aromatic heterocycles. The van der Waals surface area contributed by atoms with Crippen LogP contribution in [-0.2, 0) is 10.7 Å². The second-order valence-corrected chi connectivity index (χ2v) is 7.74. The molecular weight excluding hydrogens is 386 g/mol. The zero-order valence-corrected chi connectivity index (χ0v) is 17.4. The van der Waals surface area contributed by atoms with Gasteiger partial charge in [-0.05, 0) is 38.0 Å². The quantitative estimate of drug-likeness (QED) is 0.423. The highest BCUT2D eigenvalue weighted by atomic mass is 19.3. The molecule has 2 aliphatic rings. The van der Waals surface area contributed by atoms with Crippen molar-refractivity contribution in [2.24, 2.45) is 4.99 Å². The van der Waals surface area contributed by atoms with E-state index in [1.165, 1.54) is 18.2 Å². The fourth-order valence-corrected chi connectivity index (χ4v) is 4.11. The first-order chi connectivity index (χ1) is 14.2. The number of alkyl halides is 2. The third-order valence-electron chi connectivity index (χ3n) is 5.51. The first kappa shape index (κ1) is 21.7. The Morgan fingerprint density at radius 2 is 1.83 bits per heavy atom. The third-order valence-corrected chi connectivity index (χ3v) is 5.51. The Bertz CT molecular complexity index is 856. The maximum Gasteiger partial charge on any atom is 0.270 e. The Morgan fingerprint density at radius 1 is 1.23 bits per heavy atom. The predicted octanol–water partition coefficient (Wildman–Crippen LogP) is 4.52. The van der Waals surface area contributed by atoms with Crippen molar-refractivity contribution in [1.82, 2.24) is 9.80 Å². The van der Waals surface area contributed by atoms with Gasteiger partial charge in [0.1, 0.15) is 0 Å². The number of nitrogens with zero attached hydrogens (tertiary/aromatic N) is 3. The fourth-order valence-electron chi connectivity index (χ4n) is 4.11. The minimum absolute atomic E-state index is 0.0288. The molecule has 30 heavy (non-hydrogen) atoms. The van der Waals surface area contributed by atoms with Crippen LogP contribution in [0.15, 0.2) is 66.5 Å². The first-order valence-electron chi connectivity index (χ1n) is 10.1. The number of carbonyl (C=O) groups excluding carboxylic acids is 1. The number of anilines is 1. The lowest BCUT2D eigenvalue weighted by molar-refractivity contribution is -0.130. The number of aliphatic imine (C=N–C) groups is 1. The molecule has 0 aliphatic carbocycles. The zero-order chi connectivity index (χ0) is 21.9. The number of carbonyl (C=O) groups is 1. The Balaban J connectivity index is 1.76. The lowest BCUT2D eigenvalue weighted by Gasteiger charge is -2.42. The molecule has 5 nitrogen and oxygen atoms in total. The van der Waals surface area contributed by atoms with Gasteiger partial charge < -0.3 is 15.1 Å². The van der Waals surface area contributed by atoms with E-state index in [0.29, 0.717) is 30.3 Å². The molecule has 2 heterocycles. The van der Waals surface area contributed by atoms with Gasteiger partial charge >= 0.3 is 0 Å². The highest BCUT2D eigenvalue weighted by Crippen LogP contribution is 2.32. The van der Waals surface area contributed by atoms with E-state index in [1.807, 2.05) is 17.9 Å². The summed E-state index contributed by atoms with van der Waals surface area (Å²) in [5, 5.41) is 3.18. The number of amidine groups is 1. The summed E-state index contributed by atoms with van der Waals surface area (Å²) in [6.45, 7) is 11.8. The van der Waals surface area contributed by atoms with Crippen LogP contribution in [0.5, 0.6) is 0 Å². The molecule has 0 radical (unpaired) electrons. The number of halogens is 2. The van der Waals surface area contributed by atoms with Crippen LogP contribution in [0, 0.1) is 0 Å². The van der Waals surface area contributed by atoms with Crippen molar-refractivity contribution < 1.29 is 13.6 Å². The van der Waals surface area contributed by atoms with Crippen LogP contribution < -0.4 is 5.32 Å². The second-order valence-electron chi connectivity index (χ2n) is 7.74. The molecule has 3 rings (SSSR count). The van der Waals surface area contributed by atoms with Crippen molar-refractivity contribution in [3.63, 3.8) is 0 Å². The molecule has 1 aromatic carbocycles. The summed E-state index contributed by atoms with van der Waals surface area (Å²) >= 11 is 0. The van der Waals surface area contributed by atoms with E-state index in [0.717, 1.165) is 19.8 Å². The third kappa shape index (κ3) is 4.61. The van der Waals surface area contributed by atoms with E-state index in [2.05, 4.69) is 28.4 Å². The number of likely N-dealkylation sites (tertiary alicyclic amines) is 1. The summed E-state index contributed by atoms with van der Waals surface area (Å²) in [5.74, 6) is -2.23. The van der Waals surface area contributed by atoms with Gasteiger partial charge in [-0.3, -0.25) is 4.79 Å². The van der Waals surface area contributed by atoms with Gasteiger partial charge in [0, 0.05) is 49.5 Å². The topological polar surface area (TPSA) is 47.9 Å². The van der Waals surface area contributed by atoms with Crippen LogP contribution in [0.4, 0.5) is 14.5 Å². The van der Waals surface area contributed by atoms with Gasteiger partial charge in [0.25, 0.3) is 5.92 Å². The van der Waals surface area contributed by atoms with E-state index in [-0.39, 0.29) is 23.6 Å². The largest absolute Gasteiger partial charge is 0.353 e. The summed E-state index contributed by atoms with van der Waals surface area (Å²) in [7, 11) is 0. The summed E-state index contributed by atoms with van der Waals surface area (Å²) in [6.07, 6.45) is 6.80. The minimum Gasteiger partial charge on any atom is -0.353 e. The number of benzene rings is 1. The summed E-state index contributed by atoms with van der Waals surface area (Å²) in [5.41, 5.74) is 1.19. The van der Waals surface area contributed by atoms with E-state index in [9.17, 15) is 13.6 Å². The highest BCUT2D eigenvalue weighted by Gasteiger charge is 2.42. The predicted molar refractivity (Wildman–Crippen MR) is 116 cm³/mol. The lowest BCUT2D eigenvalue weighted by Crippen LogP contribution is -2.57. The monoisotopic (exact) mass is 414 g/mol. The molecule has 2 atom stereocenters. The molecule has 1 aromatic rings. The maximum atomic E-state index is 13.4. The van der Waals surface area contributed by atoms with Gasteiger partial charge in [0.15, 0.2) is 5.84 Å². The average molecular weight is 415 g/mol. The van der Waals surface area contributed by atoms with Gasteiger partial charge in [0.05, 0.1) is 5.70 Å². The Kier molecular flexibility index (Phi) is 6.39. The van der Waals surface area contributed by atoms with E-state index in [1.54, 1.807) is 18.3 Å². The van der Waals surface area contributed by atoms with Crippen molar-refractivity contribution in [3.05, 3.63) is 67.0 Å². The van der Waals surface area contributed by atoms with Crippen LogP contribution in [0.3, 0.4) is 0 Å². The molecular formula is C23H28F2N4O. The van der Waals surface area contributed by atoms with Gasteiger partial charge in [-0.15, -0.1) is 0 Å². The molecule has 160 valence electrons. The average Bonchev–Trinajstić information content (AvgIpc) is 2.97. The second kappa shape index (κ2) is 8.81. The fraction of sp³-hybridized carbons (Fsp3) is 0.391. The van der Waals surface area contributed by atoms with Crippen LogP contribution in [0.1, 0.15) is 32.3 Å². The number of hydrogen-bond donors (Lipinski definition) is 1. The standard InChI is InChI=1S/C23H28F2N4O/c1-5-13-26-22(16(3)27-18-9-7-17(8-10-18)23(4,24)25)28-14-19-11-12-20(15-28)29(19)21(30)6-2/h5-10,13,19-20,27H,2-3,11-12,14-15H2,1,4H3/b13-5-,26-22?. The molecule has 1 amide bonds. The molecule has 1 N–H and O–H groups in total. The Morgan fingerprint density at radius 3 is 2.33 bits per heavy atom. The number of piperazine rings is 1. The summed E-state index contributed by atoms with van der Waals surface area (Å²) in [4.78, 5) is 20.8. The summed E-state index contributed by atoms with van der Waals surface area (Å²) in [6, 6.07) is 6.25. The lowest BCUT2D eigenvalue weighted by atomic mass is 10.1. The normalized spacial score (nSPS) is 21.8. The van der Waals surface area contributed by atoms with Crippen molar-refractivity contribution in [2.45, 2.75) is 44.7 Å². The van der Waals surface area contributed by atoms with Crippen LogP contribution in [-0.4, -0.2) is 46.7 Å². The van der Waals surface area contributed by atoms with Gasteiger partial charge in [-0.25, -0.2) is 13.8 Å².